The summed E-state index contributed by atoms with van der Waals surface area (Å²) in [5.41, 5.74) is 0.724. The minimum atomic E-state index is -3.61. The Morgan fingerprint density at radius 2 is 1.95 bits per heavy atom. The molecule has 0 spiro atoms. The lowest BCUT2D eigenvalue weighted by atomic mass is 10.1. The first-order valence-corrected chi connectivity index (χ1v) is 8.90. The molecule has 0 heterocycles. The highest BCUT2D eigenvalue weighted by atomic mass is 32.2. The van der Waals surface area contributed by atoms with Gasteiger partial charge in [-0.25, -0.2) is 8.42 Å². The fourth-order valence-electron chi connectivity index (χ4n) is 1.66. The minimum Gasteiger partial charge on any atom is -0.480 e. The standard InChI is InChI=1S/C13H18O4S2/c1-2-18-8-9-19(16,17)12(13(14)15)10-11-6-4-3-5-7-11/h3-7,12H,2,8-10H2,1H3,(H,14,15). The van der Waals surface area contributed by atoms with Gasteiger partial charge in [0, 0.05) is 5.75 Å². The molecule has 6 heteroatoms. The quantitative estimate of drug-likeness (QED) is 0.742. The number of thioether (sulfide) groups is 1. The zero-order valence-electron chi connectivity index (χ0n) is 10.8. The second-order valence-electron chi connectivity index (χ2n) is 4.08. The van der Waals surface area contributed by atoms with Gasteiger partial charge in [-0.2, -0.15) is 11.8 Å². The number of rotatable bonds is 8. The number of benzene rings is 1. The Bertz CT molecular complexity index is 497. The van der Waals surface area contributed by atoms with Gasteiger partial charge in [-0.1, -0.05) is 37.3 Å². The second kappa shape index (κ2) is 7.55. The Kier molecular flexibility index (Phi) is 6.37. The van der Waals surface area contributed by atoms with E-state index in [2.05, 4.69) is 0 Å². The van der Waals surface area contributed by atoms with Crippen molar-refractivity contribution in [2.45, 2.75) is 18.6 Å². The lowest BCUT2D eigenvalue weighted by Gasteiger charge is -2.13. The highest BCUT2D eigenvalue weighted by Gasteiger charge is 2.32. The van der Waals surface area contributed by atoms with Crippen LogP contribution in [0.5, 0.6) is 0 Å². The van der Waals surface area contributed by atoms with E-state index in [1.807, 2.05) is 13.0 Å². The van der Waals surface area contributed by atoms with Crippen molar-refractivity contribution in [2.24, 2.45) is 0 Å². The van der Waals surface area contributed by atoms with Gasteiger partial charge in [-0.3, -0.25) is 4.79 Å². The average molecular weight is 302 g/mol. The number of hydrogen-bond donors (Lipinski definition) is 1. The second-order valence-corrected chi connectivity index (χ2v) is 7.78. The molecule has 0 aromatic heterocycles. The van der Waals surface area contributed by atoms with Gasteiger partial charge in [0.25, 0.3) is 0 Å². The van der Waals surface area contributed by atoms with Gasteiger partial charge in [-0.05, 0) is 17.7 Å². The molecule has 0 amide bonds. The van der Waals surface area contributed by atoms with Crippen LogP contribution >= 0.6 is 11.8 Å². The topological polar surface area (TPSA) is 71.4 Å². The highest BCUT2D eigenvalue weighted by Crippen LogP contribution is 2.13. The van der Waals surface area contributed by atoms with Gasteiger partial charge in [0.15, 0.2) is 15.1 Å². The summed E-state index contributed by atoms with van der Waals surface area (Å²) >= 11 is 1.50. The molecule has 0 aliphatic rings. The summed E-state index contributed by atoms with van der Waals surface area (Å²) in [6.45, 7) is 1.94. The summed E-state index contributed by atoms with van der Waals surface area (Å²) < 4.78 is 24.1. The van der Waals surface area contributed by atoms with Crippen molar-refractivity contribution in [3.8, 4) is 0 Å². The van der Waals surface area contributed by atoms with Crippen LogP contribution in [0.25, 0.3) is 0 Å². The zero-order valence-corrected chi connectivity index (χ0v) is 12.4. The van der Waals surface area contributed by atoms with E-state index in [0.29, 0.717) is 5.75 Å². The maximum Gasteiger partial charge on any atom is 0.322 e. The van der Waals surface area contributed by atoms with Crippen LogP contribution < -0.4 is 0 Å². The molecule has 1 N–H and O–H groups in total. The number of carbonyl (C=O) groups is 1. The maximum absolute atomic E-state index is 12.1. The number of carboxylic acid groups (broad SMARTS) is 1. The van der Waals surface area contributed by atoms with E-state index in [4.69, 9.17) is 5.11 Å². The molecule has 0 saturated heterocycles. The van der Waals surface area contributed by atoms with Gasteiger partial charge < -0.3 is 5.11 Å². The van der Waals surface area contributed by atoms with Crippen LogP contribution in [0, 0.1) is 0 Å². The fraction of sp³-hybridized carbons (Fsp3) is 0.462. The smallest absolute Gasteiger partial charge is 0.322 e. The Morgan fingerprint density at radius 1 is 1.32 bits per heavy atom. The van der Waals surface area contributed by atoms with Crippen molar-refractivity contribution < 1.29 is 18.3 Å². The zero-order chi connectivity index (χ0) is 14.3. The third-order valence-electron chi connectivity index (χ3n) is 2.69. The monoisotopic (exact) mass is 302 g/mol. The molecule has 4 nitrogen and oxygen atoms in total. The SMILES string of the molecule is CCSCCS(=O)(=O)C(Cc1ccccc1)C(=O)O. The van der Waals surface area contributed by atoms with Crippen LogP contribution in [-0.2, 0) is 21.1 Å². The molecule has 0 saturated carbocycles. The van der Waals surface area contributed by atoms with Crippen LogP contribution in [0.1, 0.15) is 12.5 Å². The first kappa shape index (κ1) is 16.0. The predicted molar refractivity (Wildman–Crippen MR) is 78.4 cm³/mol. The van der Waals surface area contributed by atoms with Crippen molar-refractivity contribution in [1.82, 2.24) is 0 Å². The lowest BCUT2D eigenvalue weighted by Crippen LogP contribution is -2.34. The summed E-state index contributed by atoms with van der Waals surface area (Å²) in [4.78, 5) is 11.2. The molecule has 0 radical (unpaired) electrons. The molecule has 1 aromatic rings. The minimum absolute atomic E-state index is 0.0231. The van der Waals surface area contributed by atoms with Crippen LogP contribution in [0.4, 0.5) is 0 Å². The van der Waals surface area contributed by atoms with Crippen molar-refractivity contribution in [2.75, 3.05) is 17.3 Å². The molecule has 1 unspecified atom stereocenters. The summed E-state index contributed by atoms with van der Waals surface area (Å²) in [5, 5.41) is 7.79. The van der Waals surface area contributed by atoms with E-state index in [9.17, 15) is 13.2 Å². The van der Waals surface area contributed by atoms with E-state index in [0.717, 1.165) is 11.3 Å². The molecule has 1 atom stereocenters. The number of sulfone groups is 1. The molecule has 0 aliphatic heterocycles. The third-order valence-corrected chi connectivity index (χ3v) is 5.86. The van der Waals surface area contributed by atoms with Gasteiger partial charge in [0.05, 0.1) is 5.75 Å². The Balaban J connectivity index is 2.80. The Hall–Kier alpha value is -1.01. The van der Waals surface area contributed by atoms with Gasteiger partial charge >= 0.3 is 5.97 Å². The van der Waals surface area contributed by atoms with Gasteiger partial charge in [0.2, 0.25) is 0 Å². The first-order valence-electron chi connectivity index (χ1n) is 6.03. The van der Waals surface area contributed by atoms with E-state index < -0.39 is 21.1 Å². The summed E-state index contributed by atoms with van der Waals surface area (Å²) in [5.74, 6) is -0.0936. The van der Waals surface area contributed by atoms with Crippen LogP contribution in [0.3, 0.4) is 0 Å². The van der Waals surface area contributed by atoms with Crippen molar-refractivity contribution in [1.29, 1.82) is 0 Å². The van der Waals surface area contributed by atoms with Crippen LogP contribution in [0.15, 0.2) is 30.3 Å². The lowest BCUT2D eigenvalue weighted by molar-refractivity contribution is -0.136. The molecular formula is C13H18O4S2. The molecule has 1 rings (SSSR count). The third kappa shape index (κ3) is 5.24. The van der Waals surface area contributed by atoms with Crippen LogP contribution in [-0.4, -0.2) is 42.0 Å². The predicted octanol–water partition coefficient (Wildman–Crippen LogP) is 1.85. The van der Waals surface area contributed by atoms with Gasteiger partial charge in [0.1, 0.15) is 0 Å². The van der Waals surface area contributed by atoms with Crippen LogP contribution in [0.2, 0.25) is 0 Å². The number of aliphatic carboxylic acids is 1. The molecule has 19 heavy (non-hydrogen) atoms. The number of hydrogen-bond acceptors (Lipinski definition) is 4. The largest absolute Gasteiger partial charge is 0.480 e. The molecule has 0 bridgehead atoms. The Morgan fingerprint density at radius 3 is 2.47 bits per heavy atom. The van der Waals surface area contributed by atoms with Gasteiger partial charge in [-0.15, -0.1) is 0 Å². The average Bonchev–Trinajstić information content (AvgIpc) is 2.37. The first-order chi connectivity index (χ1) is 8.97. The van der Waals surface area contributed by atoms with E-state index in [1.54, 1.807) is 24.3 Å². The highest BCUT2D eigenvalue weighted by molar-refractivity contribution is 8.00. The summed E-state index contributed by atoms with van der Waals surface area (Å²) in [6, 6.07) is 8.84. The molecule has 106 valence electrons. The summed E-state index contributed by atoms with van der Waals surface area (Å²) in [6.07, 6.45) is 0.0231. The molecule has 0 aliphatic carbocycles. The van der Waals surface area contributed by atoms with Crippen molar-refractivity contribution in [3.05, 3.63) is 35.9 Å². The normalized spacial score (nSPS) is 13.1. The van der Waals surface area contributed by atoms with E-state index >= 15 is 0 Å². The molecule has 1 aromatic carbocycles. The number of carboxylic acids is 1. The molecular weight excluding hydrogens is 284 g/mol. The van der Waals surface area contributed by atoms with Crippen molar-refractivity contribution >= 4 is 27.6 Å². The fourth-order valence-corrected chi connectivity index (χ4v) is 4.39. The molecule has 0 fully saturated rings. The Labute approximate surface area is 118 Å². The summed E-state index contributed by atoms with van der Waals surface area (Å²) in [7, 11) is -3.61. The van der Waals surface area contributed by atoms with E-state index in [-0.39, 0.29) is 12.2 Å². The van der Waals surface area contributed by atoms with Crippen molar-refractivity contribution in [3.63, 3.8) is 0 Å². The maximum atomic E-state index is 12.1. The van der Waals surface area contributed by atoms with E-state index in [1.165, 1.54) is 11.8 Å².